The number of piperidine rings is 1. The normalized spacial score (nSPS) is 16.0. The average Bonchev–Trinajstić information content (AvgIpc) is 3.14. The number of hydrogen-bond acceptors (Lipinski definition) is 4. The molecule has 0 saturated carbocycles. The van der Waals surface area contributed by atoms with Crippen LogP contribution in [0.15, 0.2) is 60.7 Å². The Balaban J connectivity index is 1.51. The van der Waals surface area contributed by atoms with Gasteiger partial charge in [-0.3, -0.25) is 0 Å². The molecule has 0 unspecified atom stereocenters. The van der Waals surface area contributed by atoms with Gasteiger partial charge in [0.05, 0.1) is 15.2 Å². The summed E-state index contributed by atoms with van der Waals surface area (Å²) in [4.78, 5) is 7.22. The highest BCUT2D eigenvalue weighted by Gasteiger charge is 2.21. The zero-order valence-corrected chi connectivity index (χ0v) is 16.9. The summed E-state index contributed by atoms with van der Waals surface area (Å²) in [6.45, 7) is 2.20. The van der Waals surface area contributed by atoms with Crippen LogP contribution in [0.4, 0.5) is 0 Å². The van der Waals surface area contributed by atoms with Crippen molar-refractivity contribution in [1.82, 2.24) is 9.88 Å². The Morgan fingerprint density at radius 2 is 1.79 bits per heavy atom. The maximum atomic E-state index is 6.64. The summed E-state index contributed by atoms with van der Waals surface area (Å²) >= 11 is 1.78. The number of hydrogen-bond donors (Lipinski definition) is 0. The minimum Gasteiger partial charge on any atom is -0.489 e. The molecular formula is C24H24N2OS. The first-order chi connectivity index (χ1) is 13.8. The predicted octanol–water partition coefficient (Wildman–Crippen LogP) is 5.51. The summed E-state index contributed by atoms with van der Waals surface area (Å²) < 4.78 is 7.89. The standard InChI is InChI=1S/C24H24N2OS/c1-26-14-12-19(13-15-26)27-24-18(11-10-17-6-2-3-7-20(17)24)16-23-25-21-8-4-5-9-22(21)28-23/h2-11,19H,12-16H2,1H3. The van der Waals surface area contributed by atoms with Gasteiger partial charge in [0, 0.05) is 30.5 Å². The first-order valence-corrected chi connectivity index (χ1v) is 10.8. The number of thiazole rings is 1. The van der Waals surface area contributed by atoms with Crippen molar-refractivity contribution in [3.8, 4) is 5.75 Å². The number of likely N-dealkylation sites (tertiary alicyclic amines) is 1. The number of rotatable bonds is 4. The zero-order chi connectivity index (χ0) is 18.9. The lowest BCUT2D eigenvalue weighted by Gasteiger charge is -2.30. The van der Waals surface area contributed by atoms with Crippen molar-refractivity contribution in [3.05, 3.63) is 71.2 Å². The molecule has 0 radical (unpaired) electrons. The van der Waals surface area contributed by atoms with E-state index < -0.39 is 0 Å². The Bertz CT molecular complexity index is 1080. The molecule has 0 N–H and O–H groups in total. The quantitative estimate of drug-likeness (QED) is 0.461. The van der Waals surface area contributed by atoms with Gasteiger partial charge in [-0.05, 0) is 37.4 Å². The van der Waals surface area contributed by atoms with E-state index in [0.717, 1.165) is 48.6 Å². The average molecular weight is 389 g/mol. The van der Waals surface area contributed by atoms with E-state index >= 15 is 0 Å². The molecule has 0 amide bonds. The number of para-hydroxylation sites is 1. The Kier molecular flexibility index (Phi) is 4.75. The van der Waals surface area contributed by atoms with Crippen LogP contribution in [0.2, 0.25) is 0 Å². The second kappa shape index (κ2) is 7.53. The molecule has 1 fully saturated rings. The molecule has 4 heteroatoms. The lowest BCUT2D eigenvalue weighted by atomic mass is 10.0. The largest absolute Gasteiger partial charge is 0.489 e. The molecular weight excluding hydrogens is 364 g/mol. The molecule has 0 aliphatic carbocycles. The van der Waals surface area contributed by atoms with Gasteiger partial charge in [0.15, 0.2) is 0 Å². The molecule has 0 spiro atoms. The first kappa shape index (κ1) is 17.7. The van der Waals surface area contributed by atoms with Crippen molar-refractivity contribution >= 4 is 32.3 Å². The van der Waals surface area contributed by atoms with Crippen LogP contribution in [-0.2, 0) is 6.42 Å². The molecule has 142 valence electrons. The van der Waals surface area contributed by atoms with Crippen LogP contribution in [0.3, 0.4) is 0 Å². The SMILES string of the molecule is CN1CCC(Oc2c(Cc3nc4ccccc4s3)ccc3ccccc23)CC1. The van der Waals surface area contributed by atoms with E-state index in [1.165, 1.54) is 21.0 Å². The number of aromatic nitrogens is 1. The third kappa shape index (κ3) is 3.50. The fourth-order valence-electron chi connectivity index (χ4n) is 3.99. The molecule has 1 saturated heterocycles. The van der Waals surface area contributed by atoms with Crippen molar-refractivity contribution in [1.29, 1.82) is 0 Å². The topological polar surface area (TPSA) is 25.4 Å². The van der Waals surface area contributed by atoms with E-state index in [-0.39, 0.29) is 6.10 Å². The summed E-state index contributed by atoms with van der Waals surface area (Å²) in [5, 5.41) is 3.59. The third-order valence-electron chi connectivity index (χ3n) is 5.59. The second-order valence-corrected chi connectivity index (χ2v) is 8.76. The second-order valence-electron chi connectivity index (χ2n) is 7.65. The minimum atomic E-state index is 0.288. The van der Waals surface area contributed by atoms with Crippen molar-refractivity contribution in [2.45, 2.75) is 25.4 Å². The molecule has 3 aromatic carbocycles. The molecule has 2 heterocycles. The molecule has 1 aliphatic rings. The van der Waals surface area contributed by atoms with Crippen LogP contribution in [-0.4, -0.2) is 36.1 Å². The maximum absolute atomic E-state index is 6.64. The number of benzene rings is 3. The Morgan fingerprint density at radius 1 is 1.00 bits per heavy atom. The smallest absolute Gasteiger partial charge is 0.131 e. The highest BCUT2D eigenvalue weighted by Crippen LogP contribution is 2.35. The third-order valence-corrected chi connectivity index (χ3v) is 6.63. The fourth-order valence-corrected chi connectivity index (χ4v) is 4.98. The maximum Gasteiger partial charge on any atom is 0.131 e. The van der Waals surface area contributed by atoms with Gasteiger partial charge in [-0.1, -0.05) is 48.5 Å². The highest BCUT2D eigenvalue weighted by atomic mass is 32.1. The summed E-state index contributed by atoms with van der Waals surface area (Å²) in [6, 6.07) is 21.3. The highest BCUT2D eigenvalue weighted by molar-refractivity contribution is 7.18. The van der Waals surface area contributed by atoms with Crippen molar-refractivity contribution in [2.24, 2.45) is 0 Å². The van der Waals surface area contributed by atoms with E-state index in [9.17, 15) is 0 Å². The molecule has 28 heavy (non-hydrogen) atoms. The van der Waals surface area contributed by atoms with Gasteiger partial charge in [-0.25, -0.2) is 4.98 Å². The monoisotopic (exact) mass is 388 g/mol. The summed E-state index contributed by atoms with van der Waals surface area (Å²) in [7, 11) is 2.19. The van der Waals surface area contributed by atoms with Crippen molar-refractivity contribution < 1.29 is 4.74 Å². The molecule has 0 bridgehead atoms. The summed E-state index contributed by atoms with van der Waals surface area (Å²) in [5.41, 5.74) is 2.32. The van der Waals surface area contributed by atoms with Gasteiger partial charge in [0.1, 0.15) is 11.9 Å². The molecule has 1 aromatic heterocycles. The first-order valence-electron chi connectivity index (χ1n) is 9.96. The minimum absolute atomic E-state index is 0.288. The van der Waals surface area contributed by atoms with E-state index in [1.54, 1.807) is 11.3 Å². The Morgan fingerprint density at radius 3 is 2.64 bits per heavy atom. The van der Waals surface area contributed by atoms with Crippen LogP contribution >= 0.6 is 11.3 Å². The van der Waals surface area contributed by atoms with Gasteiger partial charge in [-0.15, -0.1) is 11.3 Å². The van der Waals surface area contributed by atoms with E-state index in [0.29, 0.717) is 0 Å². The van der Waals surface area contributed by atoms with Crippen LogP contribution in [0.25, 0.3) is 21.0 Å². The zero-order valence-electron chi connectivity index (χ0n) is 16.1. The Labute approximate surface area is 169 Å². The molecule has 4 aromatic rings. The van der Waals surface area contributed by atoms with Crippen LogP contribution in [0.5, 0.6) is 5.75 Å². The van der Waals surface area contributed by atoms with Gasteiger partial charge >= 0.3 is 0 Å². The summed E-state index contributed by atoms with van der Waals surface area (Å²) in [6.07, 6.45) is 3.27. The van der Waals surface area contributed by atoms with Crippen LogP contribution in [0, 0.1) is 0 Å². The molecule has 0 atom stereocenters. The number of nitrogens with zero attached hydrogens (tertiary/aromatic N) is 2. The number of ether oxygens (including phenoxy) is 1. The fraction of sp³-hybridized carbons (Fsp3) is 0.292. The summed E-state index contributed by atoms with van der Waals surface area (Å²) in [5.74, 6) is 1.05. The number of fused-ring (bicyclic) bond motifs is 2. The van der Waals surface area contributed by atoms with Gasteiger partial charge in [0.2, 0.25) is 0 Å². The van der Waals surface area contributed by atoms with Crippen LogP contribution in [0.1, 0.15) is 23.4 Å². The van der Waals surface area contributed by atoms with E-state index in [2.05, 4.69) is 72.6 Å². The van der Waals surface area contributed by atoms with E-state index in [4.69, 9.17) is 9.72 Å². The molecule has 1 aliphatic heterocycles. The lowest BCUT2D eigenvalue weighted by Crippen LogP contribution is -2.35. The van der Waals surface area contributed by atoms with Gasteiger partial charge in [-0.2, -0.15) is 0 Å². The lowest BCUT2D eigenvalue weighted by molar-refractivity contribution is 0.115. The Hall–Kier alpha value is -2.43. The van der Waals surface area contributed by atoms with Crippen molar-refractivity contribution in [2.75, 3.05) is 20.1 Å². The molecule has 5 rings (SSSR count). The van der Waals surface area contributed by atoms with Crippen LogP contribution < -0.4 is 4.74 Å². The van der Waals surface area contributed by atoms with Gasteiger partial charge < -0.3 is 9.64 Å². The van der Waals surface area contributed by atoms with Crippen molar-refractivity contribution in [3.63, 3.8) is 0 Å². The molecule has 3 nitrogen and oxygen atoms in total. The van der Waals surface area contributed by atoms with E-state index in [1.807, 2.05) is 0 Å². The van der Waals surface area contributed by atoms with Gasteiger partial charge in [0.25, 0.3) is 0 Å². The predicted molar refractivity (Wildman–Crippen MR) is 118 cm³/mol.